The van der Waals surface area contributed by atoms with Crippen molar-refractivity contribution < 1.29 is 0 Å². The fraction of sp³-hybridized carbons (Fsp3) is 1.00. The average molecular weight is 217 g/mol. The summed E-state index contributed by atoms with van der Waals surface area (Å²) >= 11 is 16.9. The molecule has 60 valence electrons. The smallest absolute Gasteiger partial charge is 0.0681 e. The first-order valence-electron chi connectivity index (χ1n) is 3.60. The molecule has 1 aliphatic carbocycles. The minimum absolute atomic E-state index is 0.458. The van der Waals surface area contributed by atoms with E-state index < -0.39 is 4.74 Å². The Morgan fingerprint density at radius 3 is 1.90 bits per heavy atom. The molecule has 0 aliphatic heterocycles. The molecule has 1 saturated carbocycles. The van der Waals surface area contributed by atoms with E-state index in [1.807, 2.05) is 0 Å². The minimum atomic E-state index is -1.96. The van der Waals surface area contributed by atoms with Gasteiger partial charge in [0.05, 0.1) is 0 Å². The number of hydrogen-bond acceptors (Lipinski definition) is 1. The highest BCUT2D eigenvalue weighted by Crippen LogP contribution is 2.64. The zero-order valence-corrected chi connectivity index (χ0v) is 8.95. The summed E-state index contributed by atoms with van der Waals surface area (Å²) in [5, 5.41) is 0. The van der Waals surface area contributed by atoms with Gasteiger partial charge in [0.25, 0.3) is 0 Å². The molecule has 0 atom stereocenters. The van der Waals surface area contributed by atoms with Crippen molar-refractivity contribution in [2.24, 2.45) is 0 Å². The molecule has 0 amide bonds. The average Bonchev–Trinajstić information content (AvgIpc) is 1.88. The minimum Gasteiger partial charge on any atom is -0.0681 e. The summed E-state index contributed by atoms with van der Waals surface area (Å²) in [5.41, 5.74) is 0.458. The van der Waals surface area contributed by atoms with Crippen LogP contribution < -0.4 is 0 Å². The van der Waals surface area contributed by atoms with Gasteiger partial charge in [-0.25, -0.2) is 0 Å². The van der Waals surface area contributed by atoms with Gasteiger partial charge in [-0.1, -0.05) is 53.6 Å². The molecule has 10 heavy (non-hydrogen) atoms. The van der Waals surface area contributed by atoms with Crippen LogP contribution in [0.1, 0.15) is 32.1 Å². The Morgan fingerprint density at radius 1 is 1.10 bits per heavy atom. The lowest BCUT2D eigenvalue weighted by Gasteiger charge is -2.24. The summed E-state index contributed by atoms with van der Waals surface area (Å²) < 4.78 is -1.96. The van der Waals surface area contributed by atoms with E-state index in [1.165, 1.54) is 19.3 Å². The molecule has 0 aromatic heterocycles. The van der Waals surface area contributed by atoms with Crippen LogP contribution in [0.3, 0.4) is 0 Å². The maximum atomic E-state index is 5.90. The van der Waals surface area contributed by atoms with E-state index in [0.717, 1.165) is 12.8 Å². The quantitative estimate of drug-likeness (QED) is 0.595. The van der Waals surface area contributed by atoms with Crippen molar-refractivity contribution >= 4 is 39.0 Å². The third-order valence-corrected chi connectivity index (χ3v) is 5.92. The summed E-state index contributed by atoms with van der Waals surface area (Å²) in [6, 6.07) is 0. The molecule has 0 N–H and O–H groups in total. The molecular weight excluding hydrogens is 206 g/mol. The van der Waals surface area contributed by atoms with E-state index in [2.05, 4.69) is 0 Å². The Morgan fingerprint density at radius 2 is 1.60 bits per heavy atom. The van der Waals surface area contributed by atoms with Crippen LogP contribution in [-0.4, -0.2) is 5.66 Å². The van der Waals surface area contributed by atoms with Gasteiger partial charge >= 0.3 is 0 Å². The number of hydrogen-bond donors (Lipinski definition) is 0. The molecule has 1 fully saturated rings. The van der Waals surface area contributed by atoms with Gasteiger partial charge < -0.3 is 0 Å². The predicted octanol–water partition coefficient (Wildman–Crippen LogP) is 4.11. The van der Waals surface area contributed by atoms with Crippen molar-refractivity contribution in [2.45, 2.75) is 37.8 Å². The van der Waals surface area contributed by atoms with Gasteiger partial charge in [-0.15, -0.1) is 0 Å². The van der Waals surface area contributed by atoms with Crippen LogP contribution in [-0.2, 0) is 11.8 Å². The second-order valence-electron chi connectivity index (χ2n) is 2.79. The second kappa shape index (κ2) is 3.76. The van der Waals surface area contributed by atoms with E-state index in [1.54, 1.807) is 0 Å². The van der Waals surface area contributed by atoms with Crippen molar-refractivity contribution in [2.75, 3.05) is 0 Å². The molecule has 0 unspecified atom stereocenters. The zero-order chi connectivity index (χ0) is 7.61. The Hall–Kier alpha value is 1.23. The second-order valence-corrected chi connectivity index (χ2v) is 11.2. The monoisotopic (exact) mass is 216 g/mol. The maximum Gasteiger partial charge on any atom is 0.122 e. The van der Waals surface area contributed by atoms with Gasteiger partial charge in [0.2, 0.25) is 0 Å². The molecule has 1 rings (SSSR count). The molecule has 0 bridgehead atoms. The molecule has 0 aromatic carbocycles. The van der Waals surface area contributed by atoms with Gasteiger partial charge in [-0.05, 0) is 12.8 Å². The maximum absolute atomic E-state index is 5.90. The molecular formula is C6H11Cl2PS. The van der Waals surface area contributed by atoms with E-state index >= 15 is 0 Å². The summed E-state index contributed by atoms with van der Waals surface area (Å²) in [4.78, 5) is 0. The van der Waals surface area contributed by atoms with Crippen molar-refractivity contribution in [1.82, 2.24) is 0 Å². The van der Waals surface area contributed by atoms with Gasteiger partial charge in [0.1, 0.15) is 4.74 Å². The van der Waals surface area contributed by atoms with Crippen LogP contribution in [0.25, 0.3) is 0 Å². The number of rotatable bonds is 1. The van der Waals surface area contributed by atoms with Crippen LogP contribution in [0.15, 0.2) is 0 Å². The highest BCUT2D eigenvalue weighted by atomic mass is 35.9. The molecule has 1 aliphatic rings. The van der Waals surface area contributed by atoms with E-state index in [0.29, 0.717) is 5.66 Å². The number of halogens is 2. The predicted molar refractivity (Wildman–Crippen MR) is 52.9 cm³/mol. The van der Waals surface area contributed by atoms with Crippen LogP contribution >= 0.6 is 27.2 Å². The van der Waals surface area contributed by atoms with Gasteiger partial charge in [-0.2, -0.15) is 0 Å². The topological polar surface area (TPSA) is 0 Å². The van der Waals surface area contributed by atoms with E-state index in [4.69, 9.17) is 34.3 Å². The van der Waals surface area contributed by atoms with E-state index in [-0.39, 0.29) is 0 Å². The molecule has 0 radical (unpaired) electrons. The van der Waals surface area contributed by atoms with Gasteiger partial charge in [0, 0.05) is 5.66 Å². The fourth-order valence-corrected chi connectivity index (χ4v) is 4.15. The summed E-state index contributed by atoms with van der Waals surface area (Å²) in [6.07, 6.45) is 6.18. The molecule has 4 heteroatoms. The largest absolute Gasteiger partial charge is 0.122 e. The molecule has 0 nitrogen and oxygen atoms in total. The van der Waals surface area contributed by atoms with Crippen molar-refractivity contribution in [3.05, 3.63) is 0 Å². The lowest BCUT2D eigenvalue weighted by molar-refractivity contribution is 0.514. The van der Waals surface area contributed by atoms with Crippen molar-refractivity contribution in [3.8, 4) is 0 Å². The highest BCUT2D eigenvalue weighted by molar-refractivity contribution is 8.39. The Labute approximate surface area is 76.9 Å². The Bertz CT molecular complexity index is 148. The summed E-state index contributed by atoms with van der Waals surface area (Å²) in [6.45, 7) is 0. The van der Waals surface area contributed by atoms with E-state index in [9.17, 15) is 0 Å². The molecule has 0 spiro atoms. The SMILES string of the molecule is S=P(Cl)(Cl)C1CCCCC1. The Balaban J connectivity index is 2.47. The first-order valence-corrected chi connectivity index (χ1v) is 8.28. The van der Waals surface area contributed by atoms with Crippen LogP contribution in [0.2, 0.25) is 0 Å². The Kier molecular flexibility index (Phi) is 3.50. The normalized spacial score (nSPS) is 23.0. The first kappa shape index (κ1) is 9.32. The third-order valence-electron chi connectivity index (χ3n) is 2.00. The lowest BCUT2D eigenvalue weighted by Crippen LogP contribution is -2.08. The first-order chi connectivity index (χ1) is 4.61. The van der Waals surface area contributed by atoms with Crippen LogP contribution in [0.4, 0.5) is 0 Å². The van der Waals surface area contributed by atoms with Crippen molar-refractivity contribution in [3.63, 3.8) is 0 Å². The molecule has 0 saturated heterocycles. The molecule has 0 aromatic rings. The highest BCUT2D eigenvalue weighted by Gasteiger charge is 2.25. The third kappa shape index (κ3) is 2.70. The zero-order valence-electron chi connectivity index (χ0n) is 5.72. The van der Waals surface area contributed by atoms with Crippen LogP contribution in [0.5, 0.6) is 0 Å². The standard InChI is InChI=1S/C6H11Cl2PS/c7-9(8,10)6-4-2-1-3-5-6/h6H,1-5H2. The van der Waals surface area contributed by atoms with Gasteiger partial charge in [-0.3, -0.25) is 0 Å². The summed E-state index contributed by atoms with van der Waals surface area (Å²) in [7, 11) is 0. The van der Waals surface area contributed by atoms with Crippen molar-refractivity contribution in [1.29, 1.82) is 0 Å². The summed E-state index contributed by atoms with van der Waals surface area (Å²) in [5.74, 6) is 0. The molecule has 0 heterocycles. The van der Waals surface area contributed by atoms with Crippen LogP contribution in [0, 0.1) is 0 Å². The lowest BCUT2D eigenvalue weighted by atomic mass is 10.0. The fourth-order valence-electron chi connectivity index (χ4n) is 1.38. The van der Waals surface area contributed by atoms with Gasteiger partial charge in [0.15, 0.2) is 0 Å².